The minimum atomic E-state index is -1.06. The maximum atomic E-state index is 12.8. The van der Waals surface area contributed by atoms with Crippen LogP contribution in [0.2, 0.25) is 0 Å². The minimum Gasteiger partial charge on any atom is -0.479 e. The van der Waals surface area contributed by atoms with Gasteiger partial charge in [0.1, 0.15) is 0 Å². The number of carboxylic acids is 1. The lowest BCUT2D eigenvalue weighted by Gasteiger charge is -2.38. The molecule has 1 fully saturated rings. The van der Waals surface area contributed by atoms with Crippen molar-refractivity contribution in [2.75, 3.05) is 26.2 Å². The van der Waals surface area contributed by atoms with Gasteiger partial charge in [0.25, 0.3) is 0 Å². The fourth-order valence-electron chi connectivity index (χ4n) is 3.57. The van der Waals surface area contributed by atoms with Crippen LogP contribution in [0.5, 0.6) is 0 Å². The molecule has 0 radical (unpaired) electrons. The molecule has 1 N–H and O–H groups in total. The molecule has 7 nitrogen and oxygen atoms in total. The molecule has 1 saturated heterocycles. The van der Waals surface area contributed by atoms with E-state index in [-0.39, 0.29) is 37.4 Å². The lowest BCUT2D eigenvalue weighted by Crippen LogP contribution is -2.50. The summed E-state index contributed by atoms with van der Waals surface area (Å²) in [6.45, 7) is 2.73. The zero-order chi connectivity index (χ0) is 18.0. The van der Waals surface area contributed by atoms with Crippen LogP contribution < -0.4 is 0 Å². The molecule has 7 heteroatoms. The Labute approximate surface area is 146 Å². The fourth-order valence-corrected chi connectivity index (χ4v) is 3.57. The second-order valence-electron chi connectivity index (χ2n) is 6.42. The second-order valence-corrected chi connectivity index (χ2v) is 6.42. The number of carbonyl (C=O) groups is 3. The van der Waals surface area contributed by atoms with E-state index in [0.29, 0.717) is 13.1 Å². The van der Waals surface area contributed by atoms with Gasteiger partial charge >= 0.3 is 5.97 Å². The molecular weight excluding hydrogens is 324 g/mol. The van der Waals surface area contributed by atoms with Crippen molar-refractivity contribution in [2.24, 2.45) is 0 Å². The molecule has 3 rings (SSSR count). The van der Waals surface area contributed by atoms with Gasteiger partial charge in [0.2, 0.25) is 11.8 Å². The third-order valence-corrected chi connectivity index (χ3v) is 4.88. The van der Waals surface area contributed by atoms with Crippen molar-refractivity contribution in [2.45, 2.75) is 31.9 Å². The molecule has 2 atom stereocenters. The topological polar surface area (TPSA) is 87.2 Å². The van der Waals surface area contributed by atoms with Gasteiger partial charge in [-0.2, -0.15) is 0 Å². The normalized spacial score (nSPS) is 23.1. The monoisotopic (exact) mass is 346 g/mol. The van der Waals surface area contributed by atoms with Crippen LogP contribution >= 0.6 is 0 Å². The molecule has 0 spiro atoms. The van der Waals surface area contributed by atoms with E-state index in [1.165, 1.54) is 11.8 Å². The van der Waals surface area contributed by atoms with E-state index in [1.54, 1.807) is 4.90 Å². The third-order valence-electron chi connectivity index (χ3n) is 4.88. The van der Waals surface area contributed by atoms with E-state index in [9.17, 15) is 14.4 Å². The molecule has 0 saturated carbocycles. The molecule has 2 aliphatic rings. The highest BCUT2D eigenvalue weighted by molar-refractivity contribution is 5.81. The second kappa shape index (κ2) is 7.23. The number of carbonyl (C=O) groups excluding carboxylic acids is 2. The third kappa shape index (κ3) is 3.66. The predicted octanol–water partition coefficient (Wildman–Crippen LogP) is 0.834. The quantitative estimate of drug-likeness (QED) is 0.876. The summed E-state index contributed by atoms with van der Waals surface area (Å²) in [5.41, 5.74) is 2.16. The Kier molecular flexibility index (Phi) is 5.03. The Morgan fingerprint density at radius 3 is 2.72 bits per heavy atom. The van der Waals surface area contributed by atoms with E-state index >= 15 is 0 Å². The van der Waals surface area contributed by atoms with Gasteiger partial charge in [-0.1, -0.05) is 24.3 Å². The van der Waals surface area contributed by atoms with Crippen molar-refractivity contribution >= 4 is 17.8 Å². The van der Waals surface area contributed by atoms with Crippen molar-refractivity contribution in [3.8, 4) is 0 Å². The molecule has 1 aromatic carbocycles. The summed E-state index contributed by atoms with van der Waals surface area (Å²) < 4.78 is 5.17. The number of aliphatic carboxylic acids is 1. The highest BCUT2D eigenvalue weighted by Crippen LogP contribution is 2.33. The number of benzene rings is 1. The van der Waals surface area contributed by atoms with Crippen molar-refractivity contribution in [3.63, 3.8) is 0 Å². The van der Waals surface area contributed by atoms with E-state index < -0.39 is 12.1 Å². The summed E-state index contributed by atoms with van der Waals surface area (Å²) in [5.74, 6) is -1.27. The van der Waals surface area contributed by atoms with Gasteiger partial charge in [-0.25, -0.2) is 4.79 Å². The molecule has 134 valence electrons. The average Bonchev–Trinajstić information content (AvgIpc) is 2.61. The van der Waals surface area contributed by atoms with Crippen molar-refractivity contribution in [1.29, 1.82) is 0 Å². The number of amides is 2. The Bertz CT molecular complexity index is 690. The molecule has 1 aromatic rings. The summed E-state index contributed by atoms with van der Waals surface area (Å²) in [4.78, 5) is 39.1. The van der Waals surface area contributed by atoms with Gasteiger partial charge in [0.05, 0.1) is 25.6 Å². The summed E-state index contributed by atoms with van der Waals surface area (Å²) >= 11 is 0. The molecule has 0 bridgehead atoms. The number of ether oxygens (including phenoxy) is 1. The SMILES string of the molecule is CC(=O)N1CCc2ccccc2[C@H]1CC(=O)N1CCO[C@H](C(=O)O)C1. The molecule has 2 aliphatic heterocycles. The summed E-state index contributed by atoms with van der Waals surface area (Å²) in [6, 6.07) is 7.55. The standard InChI is InChI=1S/C18H22N2O5/c1-12(21)20-7-6-13-4-2-3-5-14(13)15(20)10-17(22)19-8-9-25-16(11-19)18(23)24/h2-5,15-16H,6-11H2,1H3,(H,23,24)/t15-,16+/m1/s1. The van der Waals surface area contributed by atoms with Crippen LogP contribution in [0.25, 0.3) is 0 Å². The Hall–Kier alpha value is -2.41. The number of fused-ring (bicyclic) bond motifs is 1. The van der Waals surface area contributed by atoms with Gasteiger partial charge in [-0.3, -0.25) is 9.59 Å². The van der Waals surface area contributed by atoms with Crippen LogP contribution in [-0.4, -0.2) is 65.0 Å². The lowest BCUT2D eigenvalue weighted by atomic mass is 9.90. The van der Waals surface area contributed by atoms with Crippen molar-refractivity contribution < 1.29 is 24.2 Å². The molecule has 2 amide bonds. The van der Waals surface area contributed by atoms with Gasteiger partial charge in [-0.05, 0) is 17.5 Å². The number of nitrogens with zero attached hydrogens (tertiary/aromatic N) is 2. The molecule has 0 unspecified atom stereocenters. The van der Waals surface area contributed by atoms with E-state index in [2.05, 4.69) is 0 Å². The first-order chi connectivity index (χ1) is 12.0. The smallest absolute Gasteiger partial charge is 0.334 e. The largest absolute Gasteiger partial charge is 0.479 e. The van der Waals surface area contributed by atoms with Crippen LogP contribution in [0, 0.1) is 0 Å². The number of carboxylic acid groups (broad SMARTS) is 1. The van der Waals surface area contributed by atoms with Crippen molar-refractivity contribution in [3.05, 3.63) is 35.4 Å². The molecule has 2 heterocycles. The lowest BCUT2D eigenvalue weighted by molar-refractivity contribution is -0.159. The van der Waals surface area contributed by atoms with E-state index in [1.807, 2.05) is 24.3 Å². The van der Waals surface area contributed by atoms with Gasteiger partial charge in [-0.15, -0.1) is 0 Å². The number of morpholine rings is 1. The van der Waals surface area contributed by atoms with Gasteiger partial charge < -0.3 is 19.6 Å². The summed E-state index contributed by atoms with van der Waals surface area (Å²) in [7, 11) is 0. The molecular formula is C18H22N2O5. The van der Waals surface area contributed by atoms with Gasteiger partial charge in [0.15, 0.2) is 6.10 Å². The van der Waals surface area contributed by atoms with Crippen LogP contribution in [0.4, 0.5) is 0 Å². The highest BCUT2D eigenvalue weighted by Gasteiger charge is 2.34. The first kappa shape index (κ1) is 17.4. The maximum Gasteiger partial charge on any atom is 0.334 e. The number of rotatable bonds is 3. The van der Waals surface area contributed by atoms with Crippen LogP contribution in [0.15, 0.2) is 24.3 Å². The highest BCUT2D eigenvalue weighted by atomic mass is 16.5. The zero-order valence-corrected chi connectivity index (χ0v) is 14.2. The van der Waals surface area contributed by atoms with Crippen LogP contribution in [-0.2, 0) is 25.5 Å². The molecule has 0 aromatic heterocycles. The first-order valence-electron chi connectivity index (χ1n) is 8.44. The number of hydrogen-bond acceptors (Lipinski definition) is 4. The Balaban J connectivity index is 1.78. The van der Waals surface area contributed by atoms with Crippen LogP contribution in [0.3, 0.4) is 0 Å². The van der Waals surface area contributed by atoms with E-state index in [4.69, 9.17) is 9.84 Å². The van der Waals surface area contributed by atoms with Crippen LogP contribution in [0.1, 0.15) is 30.5 Å². The zero-order valence-electron chi connectivity index (χ0n) is 14.2. The Morgan fingerprint density at radius 1 is 1.24 bits per heavy atom. The summed E-state index contributed by atoms with van der Waals surface area (Å²) in [5, 5.41) is 9.09. The molecule has 0 aliphatic carbocycles. The van der Waals surface area contributed by atoms with Gasteiger partial charge in [0, 0.05) is 20.0 Å². The average molecular weight is 346 g/mol. The predicted molar refractivity (Wildman–Crippen MR) is 88.8 cm³/mol. The summed E-state index contributed by atoms with van der Waals surface area (Å²) in [6.07, 6.45) is -0.0533. The molecule has 25 heavy (non-hydrogen) atoms. The Morgan fingerprint density at radius 2 is 2.00 bits per heavy atom. The minimum absolute atomic E-state index is 0.0443. The van der Waals surface area contributed by atoms with Crippen molar-refractivity contribution in [1.82, 2.24) is 9.80 Å². The first-order valence-corrected chi connectivity index (χ1v) is 8.44. The number of hydrogen-bond donors (Lipinski definition) is 1. The maximum absolute atomic E-state index is 12.8. The van der Waals surface area contributed by atoms with E-state index in [0.717, 1.165) is 17.5 Å². The fraction of sp³-hybridized carbons (Fsp3) is 0.500.